The van der Waals surface area contributed by atoms with Crippen molar-refractivity contribution in [1.82, 2.24) is 14.9 Å². The van der Waals surface area contributed by atoms with Crippen molar-refractivity contribution in [2.75, 3.05) is 7.11 Å². The number of nitrogens with one attached hydrogen (secondary N) is 1. The Labute approximate surface area is 198 Å². The average Bonchev–Trinajstić information content (AvgIpc) is 3.16. The Balaban J connectivity index is 2.13. The van der Waals surface area contributed by atoms with Crippen molar-refractivity contribution in [3.05, 3.63) is 77.8 Å². The summed E-state index contributed by atoms with van der Waals surface area (Å²) in [5.74, 6) is -0.753. The lowest BCUT2D eigenvalue weighted by atomic mass is 9.97. The predicted molar refractivity (Wildman–Crippen MR) is 126 cm³/mol. The molecule has 0 aliphatic carbocycles. The molecule has 1 atom stereocenters. The highest BCUT2D eigenvalue weighted by Crippen LogP contribution is 2.32. The van der Waals surface area contributed by atoms with Crippen LogP contribution in [0.15, 0.2) is 54.7 Å². The maximum Gasteiger partial charge on any atom is 0.408 e. The first-order valence-corrected chi connectivity index (χ1v) is 11.0. The lowest BCUT2D eigenvalue weighted by Gasteiger charge is -2.34. The van der Waals surface area contributed by atoms with Gasteiger partial charge in [0.1, 0.15) is 29.1 Å². The number of rotatable bonds is 7. The number of hydrogen-bond donors (Lipinski definition) is 1. The van der Waals surface area contributed by atoms with E-state index in [-0.39, 0.29) is 11.3 Å². The topological polar surface area (TPSA) is 65.4 Å². The maximum absolute atomic E-state index is 14.6. The van der Waals surface area contributed by atoms with Gasteiger partial charge < -0.3 is 19.4 Å². The highest BCUT2D eigenvalue weighted by molar-refractivity contribution is 5.68. The van der Waals surface area contributed by atoms with Crippen LogP contribution in [0.1, 0.15) is 52.0 Å². The molecule has 1 N–H and O–H groups in total. The van der Waals surface area contributed by atoms with E-state index < -0.39 is 35.0 Å². The van der Waals surface area contributed by atoms with Gasteiger partial charge in [-0.3, -0.25) is 0 Å². The molecule has 0 fully saturated rings. The number of carbonyl (C=O) groups is 1. The predicted octanol–water partition coefficient (Wildman–Crippen LogP) is 5.87. The Kier molecular flexibility index (Phi) is 7.41. The number of hydrogen-bond acceptors (Lipinski definition) is 4. The summed E-state index contributed by atoms with van der Waals surface area (Å²) in [5, 5.41) is 2.86. The zero-order valence-electron chi connectivity index (χ0n) is 20.4. The highest BCUT2D eigenvalue weighted by atomic mass is 19.1. The Bertz CT molecular complexity index is 1140. The number of alkyl carbamates (subject to hydrolysis) is 1. The monoisotopic (exact) mass is 471 g/mol. The fraction of sp³-hybridized carbons (Fsp3) is 0.385. The van der Waals surface area contributed by atoms with E-state index in [1.807, 2.05) is 30.3 Å². The third-order valence-electron chi connectivity index (χ3n) is 5.35. The Morgan fingerprint density at radius 2 is 1.76 bits per heavy atom. The molecule has 0 bridgehead atoms. The van der Waals surface area contributed by atoms with Crippen molar-refractivity contribution >= 4 is 6.09 Å². The number of imidazole rings is 1. The Morgan fingerprint density at radius 3 is 2.38 bits per heavy atom. The summed E-state index contributed by atoms with van der Waals surface area (Å²) in [6.45, 7) is 9.31. The fourth-order valence-electron chi connectivity index (χ4n) is 3.48. The van der Waals surface area contributed by atoms with Crippen LogP contribution in [0, 0.1) is 11.6 Å². The molecular weight excluding hydrogens is 440 g/mol. The summed E-state index contributed by atoms with van der Waals surface area (Å²) in [6.07, 6.45) is 1.01. The average molecular weight is 472 g/mol. The van der Waals surface area contributed by atoms with Crippen LogP contribution in [-0.2, 0) is 16.0 Å². The number of methoxy groups -OCH3 is 1. The number of benzene rings is 2. The van der Waals surface area contributed by atoms with Gasteiger partial charge in [0.2, 0.25) is 0 Å². The third kappa shape index (κ3) is 6.20. The second-order valence-electron chi connectivity index (χ2n) is 9.61. The quantitative estimate of drug-likeness (QED) is 0.468. The molecule has 8 heteroatoms. The van der Waals surface area contributed by atoms with E-state index in [4.69, 9.17) is 9.47 Å². The van der Waals surface area contributed by atoms with E-state index >= 15 is 0 Å². The molecule has 0 saturated carbocycles. The van der Waals surface area contributed by atoms with Crippen molar-refractivity contribution in [2.24, 2.45) is 0 Å². The van der Waals surface area contributed by atoms with Gasteiger partial charge >= 0.3 is 6.09 Å². The van der Waals surface area contributed by atoms with Crippen LogP contribution in [0.5, 0.6) is 0 Å². The number of ether oxygens (including phenoxy) is 2. The van der Waals surface area contributed by atoms with E-state index in [1.165, 1.54) is 7.11 Å². The SMILES string of the molecule is COC(C)(C)[C@@H](NC(=O)OC(C)(C)C)c1nc(-c2cc(F)ccc2F)cn1Cc1ccccc1. The summed E-state index contributed by atoms with van der Waals surface area (Å²) in [7, 11) is 1.53. The Morgan fingerprint density at radius 1 is 1.09 bits per heavy atom. The van der Waals surface area contributed by atoms with Crippen LogP contribution in [-0.4, -0.2) is 34.0 Å². The number of halogens is 2. The molecule has 0 radical (unpaired) electrons. The molecule has 34 heavy (non-hydrogen) atoms. The summed E-state index contributed by atoms with van der Waals surface area (Å²) >= 11 is 0. The van der Waals surface area contributed by atoms with E-state index in [1.54, 1.807) is 45.4 Å². The summed E-state index contributed by atoms with van der Waals surface area (Å²) in [5.41, 5.74) is -0.376. The van der Waals surface area contributed by atoms with Crippen molar-refractivity contribution in [3.8, 4) is 11.3 Å². The van der Waals surface area contributed by atoms with Gasteiger partial charge in [0.05, 0.1) is 11.3 Å². The van der Waals surface area contributed by atoms with E-state index in [0.29, 0.717) is 12.4 Å². The summed E-state index contributed by atoms with van der Waals surface area (Å²) in [4.78, 5) is 17.4. The second-order valence-corrected chi connectivity index (χ2v) is 9.61. The molecule has 1 amide bonds. The van der Waals surface area contributed by atoms with E-state index in [2.05, 4.69) is 10.3 Å². The molecule has 0 unspecified atom stereocenters. The first kappa shape index (κ1) is 25.4. The fourth-order valence-corrected chi connectivity index (χ4v) is 3.48. The smallest absolute Gasteiger partial charge is 0.408 e. The Hall–Kier alpha value is -3.26. The van der Waals surface area contributed by atoms with Crippen LogP contribution in [0.4, 0.5) is 13.6 Å². The zero-order chi connectivity index (χ0) is 25.1. The van der Waals surface area contributed by atoms with Gasteiger partial charge in [-0.25, -0.2) is 18.6 Å². The summed E-state index contributed by atoms with van der Waals surface area (Å²) in [6, 6.07) is 12.1. The van der Waals surface area contributed by atoms with Crippen molar-refractivity contribution in [2.45, 2.75) is 58.4 Å². The minimum Gasteiger partial charge on any atom is -0.444 e. The van der Waals surface area contributed by atoms with Crippen LogP contribution >= 0.6 is 0 Å². The lowest BCUT2D eigenvalue weighted by Crippen LogP contribution is -2.46. The minimum absolute atomic E-state index is 0.0271. The van der Waals surface area contributed by atoms with Crippen LogP contribution < -0.4 is 5.32 Å². The van der Waals surface area contributed by atoms with E-state index in [0.717, 1.165) is 23.8 Å². The molecule has 3 aromatic rings. The number of carbonyl (C=O) groups excluding carboxylic acids is 1. The summed E-state index contributed by atoms with van der Waals surface area (Å²) < 4.78 is 41.5. The standard InChI is InChI=1S/C26H31F2N3O3/c1-25(2,3)34-24(32)30-22(26(4,5)33-6)23-29-21(19-14-18(27)12-13-20(19)28)16-31(23)15-17-10-8-7-9-11-17/h7-14,16,22H,15H2,1-6H3,(H,30,32)/t22-/m0/s1. The second kappa shape index (κ2) is 9.93. The van der Waals surface area contributed by atoms with Gasteiger partial charge in [-0.05, 0) is 58.4 Å². The molecule has 0 aliphatic heterocycles. The van der Waals surface area contributed by atoms with Gasteiger partial charge in [-0.1, -0.05) is 30.3 Å². The molecule has 3 rings (SSSR count). The van der Waals surface area contributed by atoms with Crippen LogP contribution in [0.2, 0.25) is 0 Å². The van der Waals surface area contributed by atoms with Gasteiger partial charge in [0.25, 0.3) is 0 Å². The molecule has 0 spiro atoms. The minimum atomic E-state index is -0.908. The zero-order valence-corrected chi connectivity index (χ0v) is 20.4. The van der Waals surface area contributed by atoms with Crippen molar-refractivity contribution in [3.63, 3.8) is 0 Å². The normalized spacial score (nSPS) is 12.9. The van der Waals surface area contributed by atoms with Gasteiger partial charge in [-0.15, -0.1) is 0 Å². The highest BCUT2D eigenvalue weighted by Gasteiger charge is 2.37. The molecule has 182 valence electrons. The first-order valence-electron chi connectivity index (χ1n) is 11.0. The molecular formula is C26H31F2N3O3. The molecule has 1 heterocycles. The maximum atomic E-state index is 14.6. The number of aromatic nitrogens is 2. The molecule has 1 aromatic heterocycles. The molecule has 0 saturated heterocycles. The lowest BCUT2D eigenvalue weighted by molar-refractivity contribution is -0.0201. The largest absolute Gasteiger partial charge is 0.444 e. The number of amides is 1. The van der Waals surface area contributed by atoms with Crippen molar-refractivity contribution < 1.29 is 23.0 Å². The van der Waals surface area contributed by atoms with Gasteiger partial charge in [0, 0.05) is 25.4 Å². The molecule has 2 aromatic carbocycles. The van der Waals surface area contributed by atoms with Gasteiger partial charge in [0.15, 0.2) is 0 Å². The molecule has 0 aliphatic rings. The van der Waals surface area contributed by atoms with Crippen LogP contribution in [0.3, 0.4) is 0 Å². The first-order chi connectivity index (χ1) is 15.9. The van der Waals surface area contributed by atoms with Crippen LogP contribution in [0.25, 0.3) is 11.3 Å². The van der Waals surface area contributed by atoms with Gasteiger partial charge in [-0.2, -0.15) is 0 Å². The van der Waals surface area contributed by atoms with Crippen molar-refractivity contribution in [1.29, 1.82) is 0 Å². The number of nitrogens with zero attached hydrogens (tertiary/aromatic N) is 2. The van der Waals surface area contributed by atoms with E-state index in [9.17, 15) is 13.6 Å². The molecule has 6 nitrogen and oxygen atoms in total. The third-order valence-corrected chi connectivity index (χ3v) is 5.35.